The summed E-state index contributed by atoms with van der Waals surface area (Å²) in [6.45, 7) is 7.14. The summed E-state index contributed by atoms with van der Waals surface area (Å²) in [5.41, 5.74) is 3.50. The van der Waals surface area contributed by atoms with E-state index >= 15 is 0 Å². The molecule has 0 unspecified atom stereocenters. The average Bonchev–Trinajstić information content (AvgIpc) is 2.86. The number of hydrogen-bond acceptors (Lipinski definition) is 4. The van der Waals surface area contributed by atoms with E-state index in [-0.39, 0.29) is 11.8 Å². The molecule has 0 bridgehead atoms. The van der Waals surface area contributed by atoms with E-state index in [4.69, 9.17) is 4.52 Å². The summed E-state index contributed by atoms with van der Waals surface area (Å²) in [5, 5.41) is 6.88. The SMILES string of the molecule is Cc1noc(C(C)C)c1C(=O)NCc1cccc(CN(C)C)c1. The van der Waals surface area contributed by atoms with Crippen LogP contribution in [-0.4, -0.2) is 30.1 Å². The maximum Gasteiger partial charge on any atom is 0.257 e. The fourth-order valence-electron chi connectivity index (χ4n) is 2.53. The molecule has 23 heavy (non-hydrogen) atoms. The van der Waals surface area contributed by atoms with Crippen LogP contribution >= 0.6 is 0 Å². The van der Waals surface area contributed by atoms with E-state index in [1.807, 2.05) is 40.1 Å². The number of hydrogen-bond donors (Lipinski definition) is 1. The molecule has 1 N–H and O–H groups in total. The van der Waals surface area contributed by atoms with Gasteiger partial charge >= 0.3 is 0 Å². The Labute approximate surface area is 137 Å². The van der Waals surface area contributed by atoms with Gasteiger partial charge < -0.3 is 14.7 Å². The highest BCUT2D eigenvalue weighted by atomic mass is 16.5. The Hall–Kier alpha value is -2.14. The van der Waals surface area contributed by atoms with Crippen molar-refractivity contribution >= 4 is 5.91 Å². The number of benzene rings is 1. The molecule has 0 aliphatic heterocycles. The van der Waals surface area contributed by atoms with Gasteiger partial charge in [0.2, 0.25) is 0 Å². The Morgan fingerprint density at radius 2 is 2.00 bits per heavy atom. The zero-order valence-corrected chi connectivity index (χ0v) is 14.5. The third-order valence-corrected chi connectivity index (χ3v) is 3.58. The van der Waals surface area contributed by atoms with Crippen molar-refractivity contribution in [1.82, 2.24) is 15.4 Å². The van der Waals surface area contributed by atoms with Crippen LogP contribution in [-0.2, 0) is 13.1 Å². The molecule has 1 heterocycles. The zero-order chi connectivity index (χ0) is 17.0. The second kappa shape index (κ2) is 7.42. The molecule has 5 nitrogen and oxygen atoms in total. The summed E-state index contributed by atoms with van der Waals surface area (Å²) in [6, 6.07) is 8.24. The predicted octanol–water partition coefficient (Wildman–Crippen LogP) is 3.10. The number of nitrogens with one attached hydrogen (secondary N) is 1. The zero-order valence-electron chi connectivity index (χ0n) is 14.5. The van der Waals surface area contributed by atoms with E-state index in [0.29, 0.717) is 23.6 Å². The molecule has 0 spiro atoms. The first-order valence-electron chi connectivity index (χ1n) is 7.85. The molecule has 2 aromatic rings. The summed E-state index contributed by atoms with van der Waals surface area (Å²) in [4.78, 5) is 14.6. The van der Waals surface area contributed by atoms with E-state index < -0.39 is 0 Å². The average molecular weight is 315 g/mol. The summed E-state index contributed by atoms with van der Waals surface area (Å²) in [6.07, 6.45) is 0. The van der Waals surface area contributed by atoms with Crippen LogP contribution in [0.1, 0.15) is 52.7 Å². The number of carbonyl (C=O) groups excluding carboxylic acids is 1. The minimum absolute atomic E-state index is 0.125. The molecule has 0 atom stereocenters. The lowest BCUT2D eigenvalue weighted by atomic mass is 10.0. The van der Waals surface area contributed by atoms with Crippen LogP contribution in [0, 0.1) is 6.92 Å². The molecule has 1 aromatic heterocycles. The number of amides is 1. The van der Waals surface area contributed by atoms with Crippen LogP contribution in [0.15, 0.2) is 28.8 Å². The van der Waals surface area contributed by atoms with Gasteiger partial charge in [-0.05, 0) is 32.1 Å². The molecule has 0 aliphatic carbocycles. The predicted molar refractivity (Wildman–Crippen MR) is 90.3 cm³/mol. The number of aromatic nitrogens is 1. The monoisotopic (exact) mass is 315 g/mol. The highest BCUT2D eigenvalue weighted by Crippen LogP contribution is 2.22. The van der Waals surface area contributed by atoms with Crippen molar-refractivity contribution in [2.24, 2.45) is 0 Å². The Bertz CT molecular complexity index is 675. The topological polar surface area (TPSA) is 58.4 Å². The molecular weight excluding hydrogens is 290 g/mol. The van der Waals surface area contributed by atoms with Gasteiger partial charge in [-0.1, -0.05) is 43.3 Å². The van der Waals surface area contributed by atoms with Crippen LogP contribution in [0.25, 0.3) is 0 Å². The lowest BCUT2D eigenvalue weighted by molar-refractivity contribution is 0.0948. The first kappa shape index (κ1) is 17.2. The molecule has 0 saturated heterocycles. The van der Waals surface area contributed by atoms with Crippen LogP contribution in [0.4, 0.5) is 0 Å². The molecule has 5 heteroatoms. The van der Waals surface area contributed by atoms with Crippen molar-refractivity contribution in [3.63, 3.8) is 0 Å². The van der Waals surface area contributed by atoms with Gasteiger partial charge in [-0.25, -0.2) is 0 Å². The van der Waals surface area contributed by atoms with Gasteiger partial charge in [0.25, 0.3) is 5.91 Å². The maximum absolute atomic E-state index is 12.5. The van der Waals surface area contributed by atoms with Crippen molar-refractivity contribution in [3.05, 3.63) is 52.4 Å². The maximum atomic E-state index is 12.5. The van der Waals surface area contributed by atoms with Crippen molar-refractivity contribution < 1.29 is 9.32 Å². The summed E-state index contributed by atoms with van der Waals surface area (Å²) >= 11 is 0. The second-order valence-electron chi connectivity index (χ2n) is 6.40. The highest BCUT2D eigenvalue weighted by Gasteiger charge is 2.22. The Morgan fingerprint density at radius 1 is 1.30 bits per heavy atom. The van der Waals surface area contributed by atoms with Gasteiger partial charge in [-0.15, -0.1) is 0 Å². The summed E-state index contributed by atoms with van der Waals surface area (Å²) in [5.74, 6) is 0.632. The largest absolute Gasteiger partial charge is 0.360 e. The number of aryl methyl sites for hydroxylation is 1. The fraction of sp³-hybridized carbons (Fsp3) is 0.444. The molecule has 0 fully saturated rings. The summed E-state index contributed by atoms with van der Waals surface area (Å²) in [7, 11) is 4.08. The van der Waals surface area contributed by atoms with Crippen LogP contribution < -0.4 is 5.32 Å². The third kappa shape index (κ3) is 4.42. The first-order valence-corrected chi connectivity index (χ1v) is 7.85. The number of rotatable bonds is 6. The van der Waals surface area contributed by atoms with Crippen molar-refractivity contribution in [3.8, 4) is 0 Å². The summed E-state index contributed by atoms with van der Waals surface area (Å²) < 4.78 is 5.28. The van der Waals surface area contributed by atoms with Crippen LogP contribution in [0.5, 0.6) is 0 Å². The van der Waals surface area contributed by atoms with Crippen LogP contribution in [0.3, 0.4) is 0 Å². The molecule has 1 aromatic carbocycles. The molecule has 0 aliphatic rings. The van der Waals surface area contributed by atoms with E-state index in [2.05, 4.69) is 27.5 Å². The first-order chi connectivity index (χ1) is 10.9. The van der Waals surface area contributed by atoms with Crippen molar-refractivity contribution in [1.29, 1.82) is 0 Å². The smallest absolute Gasteiger partial charge is 0.257 e. The third-order valence-electron chi connectivity index (χ3n) is 3.58. The Morgan fingerprint density at radius 3 is 2.65 bits per heavy atom. The van der Waals surface area contributed by atoms with Gasteiger partial charge in [0.05, 0.1) is 5.69 Å². The normalized spacial score (nSPS) is 11.3. The van der Waals surface area contributed by atoms with Gasteiger partial charge in [-0.2, -0.15) is 0 Å². The second-order valence-corrected chi connectivity index (χ2v) is 6.40. The van der Waals surface area contributed by atoms with E-state index in [9.17, 15) is 4.79 Å². The molecule has 124 valence electrons. The van der Waals surface area contributed by atoms with Gasteiger partial charge in [0, 0.05) is 19.0 Å². The number of nitrogens with zero attached hydrogens (tertiary/aromatic N) is 2. The molecular formula is C18H25N3O2. The molecule has 2 rings (SSSR count). The van der Waals surface area contributed by atoms with E-state index in [1.54, 1.807) is 6.92 Å². The van der Waals surface area contributed by atoms with Gasteiger partial charge in [-0.3, -0.25) is 4.79 Å². The highest BCUT2D eigenvalue weighted by molar-refractivity contribution is 5.96. The molecule has 0 radical (unpaired) electrons. The van der Waals surface area contributed by atoms with E-state index in [0.717, 1.165) is 12.1 Å². The van der Waals surface area contributed by atoms with Crippen LogP contribution in [0.2, 0.25) is 0 Å². The lowest BCUT2D eigenvalue weighted by Gasteiger charge is -2.11. The number of carbonyl (C=O) groups is 1. The minimum atomic E-state index is -0.134. The Balaban J connectivity index is 2.06. The molecule has 1 amide bonds. The van der Waals surface area contributed by atoms with Gasteiger partial charge in [0.15, 0.2) is 5.76 Å². The van der Waals surface area contributed by atoms with Crippen molar-refractivity contribution in [2.75, 3.05) is 14.1 Å². The minimum Gasteiger partial charge on any atom is -0.360 e. The molecule has 0 saturated carbocycles. The van der Waals surface area contributed by atoms with E-state index in [1.165, 1.54) is 5.56 Å². The quantitative estimate of drug-likeness (QED) is 0.890. The fourth-order valence-corrected chi connectivity index (χ4v) is 2.53. The standard InChI is InChI=1S/C18H25N3O2/c1-12(2)17-16(13(3)20-23-17)18(22)19-10-14-7-6-8-15(9-14)11-21(4)5/h6-9,12H,10-11H2,1-5H3,(H,19,22). The van der Waals surface area contributed by atoms with Gasteiger partial charge in [0.1, 0.15) is 5.56 Å². The van der Waals surface area contributed by atoms with Crippen molar-refractivity contribution in [2.45, 2.75) is 39.8 Å². The lowest BCUT2D eigenvalue weighted by Crippen LogP contribution is -2.24. The Kier molecular flexibility index (Phi) is 5.55.